The number of hydrogen-bond donors (Lipinski definition) is 1. The molecule has 2 rings (SSSR count). The van der Waals surface area contributed by atoms with E-state index < -0.39 is 4.92 Å². The Morgan fingerprint density at radius 3 is 2.25 bits per heavy atom. The molecule has 0 bridgehead atoms. The number of aliphatic hydroxyl groups is 1. The number of rotatable bonds is 2. The zero-order chi connectivity index (χ0) is 11.9. The summed E-state index contributed by atoms with van der Waals surface area (Å²) in [5, 5.41) is 20.2. The van der Waals surface area contributed by atoms with Crippen molar-refractivity contribution in [3.05, 3.63) is 32.3 Å². The zero-order valence-electron chi connectivity index (χ0n) is 8.06. The minimum absolute atomic E-state index is 0.139. The molecule has 1 aromatic rings. The largest absolute Gasteiger partial charge is 0.389 e. The van der Waals surface area contributed by atoms with Crippen molar-refractivity contribution in [3.63, 3.8) is 0 Å². The first kappa shape index (κ1) is 11.4. The number of non-ortho nitro benzene ring substituents is 1. The lowest BCUT2D eigenvalue weighted by atomic mass is 10.1. The van der Waals surface area contributed by atoms with Gasteiger partial charge in [-0.3, -0.25) is 10.1 Å². The molecule has 1 aliphatic rings. The normalized spacial score (nSPS) is 16.1. The van der Waals surface area contributed by atoms with Crippen LogP contribution in [-0.2, 0) is 0 Å². The Hall–Kier alpha value is -1.04. The molecule has 0 unspecified atom stereocenters. The number of anilines is 1. The quantitative estimate of drug-likeness (QED) is 0.655. The second-order valence-electron chi connectivity index (χ2n) is 3.57. The molecule has 0 amide bonds. The number of nitro benzene ring substituents is 1. The van der Waals surface area contributed by atoms with Gasteiger partial charge in [0, 0.05) is 25.2 Å². The fourth-order valence-corrected chi connectivity index (χ4v) is 2.31. The molecule has 1 aromatic carbocycles. The molecule has 1 heterocycles. The van der Waals surface area contributed by atoms with Gasteiger partial charge in [0.1, 0.15) is 0 Å². The van der Waals surface area contributed by atoms with Gasteiger partial charge in [-0.15, -0.1) is 0 Å². The molecular weight excluding hydrogens is 255 g/mol. The Kier molecular flexibility index (Phi) is 2.92. The van der Waals surface area contributed by atoms with Crippen LogP contribution in [0.15, 0.2) is 12.1 Å². The molecule has 0 atom stereocenters. The van der Waals surface area contributed by atoms with Crippen LogP contribution in [0.3, 0.4) is 0 Å². The lowest BCUT2D eigenvalue weighted by molar-refractivity contribution is -0.384. The summed E-state index contributed by atoms with van der Waals surface area (Å²) in [6.07, 6.45) is -0.387. The number of benzene rings is 1. The summed E-state index contributed by atoms with van der Waals surface area (Å²) in [7, 11) is 0. The maximum absolute atomic E-state index is 10.6. The van der Waals surface area contributed by atoms with Crippen LogP contribution in [0.1, 0.15) is 0 Å². The van der Waals surface area contributed by atoms with E-state index in [4.69, 9.17) is 28.3 Å². The van der Waals surface area contributed by atoms with Crippen molar-refractivity contribution in [2.75, 3.05) is 18.0 Å². The molecule has 86 valence electrons. The molecule has 0 radical (unpaired) electrons. The van der Waals surface area contributed by atoms with Gasteiger partial charge >= 0.3 is 0 Å². The second-order valence-corrected chi connectivity index (χ2v) is 4.39. The van der Waals surface area contributed by atoms with Gasteiger partial charge in [0.2, 0.25) is 0 Å². The monoisotopic (exact) mass is 262 g/mol. The van der Waals surface area contributed by atoms with Crippen LogP contribution in [0, 0.1) is 10.1 Å². The maximum atomic E-state index is 10.6. The number of halogens is 2. The summed E-state index contributed by atoms with van der Waals surface area (Å²) in [6.45, 7) is 0.883. The van der Waals surface area contributed by atoms with Crippen molar-refractivity contribution in [1.82, 2.24) is 0 Å². The molecule has 1 aliphatic heterocycles. The molecule has 5 nitrogen and oxygen atoms in total. The van der Waals surface area contributed by atoms with E-state index >= 15 is 0 Å². The number of hydrogen-bond acceptors (Lipinski definition) is 4. The highest BCUT2D eigenvalue weighted by Crippen LogP contribution is 2.39. The Morgan fingerprint density at radius 2 is 1.88 bits per heavy atom. The van der Waals surface area contributed by atoms with Crippen molar-refractivity contribution < 1.29 is 10.0 Å². The van der Waals surface area contributed by atoms with Crippen molar-refractivity contribution in [3.8, 4) is 0 Å². The van der Waals surface area contributed by atoms with E-state index in [2.05, 4.69) is 0 Å². The van der Waals surface area contributed by atoms with Gasteiger partial charge in [-0.25, -0.2) is 0 Å². The van der Waals surface area contributed by atoms with E-state index in [0.29, 0.717) is 18.8 Å². The van der Waals surface area contributed by atoms with Crippen molar-refractivity contribution in [1.29, 1.82) is 0 Å². The van der Waals surface area contributed by atoms with Gasteiger partial charge in [0.25, 0.3) is 5.69 Å². The fraction of sp³-hybridized carbons (Fsp3) is 0.333. The highest BCUT2D eigenvalue weighted by molar-refractivity contribution is 6.39. The molecule has 1 N–H and O–H groups in total. The van der Waals surface area contributed by atoms with Gasteiger partial charge in [-0.1, -0.05) is 23.2 Å². The van der Waals surface area contributed by atoms with Crippen molar-refractivity contribution >= 4 is 34.6 Å². The topological polar surface area (TPSA) is 66.6 Å². The number of nitrogens with zero attached hydrogens (tertiary/aromatic N) is 2. The Balaban J connectivity index is 2.36. The summed E-state index contributed by atoms with van der Waals surface area (Å²) in [5.74, 6) is 0. The number of nitro groups is 1. The first-order chi connectivity index (χ1) is 7.49. The summed E-state index contributed by atoms with van der Waals surface area (Å²) >= 11 is 11.8. The summed E-state index contributed by atoms with van der Waals surface area (Å²) in [4.78, 5) is 11.8. The van der Waals surface area contributed by atoms with Crippen LogP contribution in [0.25, 0.3) is 0 Å². The molecular formula is C9H8Cl2N2O3. The van der Waals surface area contributed by atoms with Crippen molar-refractivity contribution in [2.45, 2.75) is 6.10 Å². The third kappa shape index (κ3) is 1.93. The van der Waals surface area contributed by atoms with E-state index in [0.717, 1.165) is 0 Å². The molecule has 0 saturated carbocycles. The standard InChI is InChI=1S/C9H8Cl2N2O3/c10-7-1-5(13(15)16)2-8(11)9(7)12-3-6(14)4-12/h1-2,6,14H,3-4H2. The Bertz CT molecular complexity index is 423. The van der Waals surface area contributed by atoms with Gasteiger partial charge in [-0.05, 0) is 0 Å². The van der Waals surface area contributed by atoms with E-state index in [-0.39, 0.29) is 21.8 Å². The number of aliphatic hydroxyl groups excluding tert-OH is 1. The van der Waals surface area contributed by atoms with Crippen molar-refractivity contribution in [2.24, 2.45) is 0 Å². The fourth-order valence-electron chi connectivity index (χ4n) is 1.60. The van der Waals surface area contributed by atoms with Gasteiger partial charge in [-0.2, -0.15) is 0 Å². The SMILES string of the molecule is O=[N+]([O-])c1cc(Cl)c(N2CC(O)C2)c(Cl)c1. The van der Waals surface area contributed by atoms with E-state index in [1.807, 2.05) is 0 Å². The first-order valence-corrected chi connectivity index (χ1v) is 5.31. The molecule has 16 heavy (non-hydrogen) atoms. The molecule has 7 heteroatoms. The van der Waals surface area contributed by atoms with Crippen LogP contribution in [0.5, 0.6) is 0 Å². The molecule has 1 saturated heterocycles. The highest BCUT2D eigenvalue weighted by Gasteiger charge is 2.29. The lowest BCUT2D eigenvalue weighted by Gasteiger charge is -2.38. The van der Waals surface area contributed by atoms with Crippen LogP contribution >= 0.6 is 23.2 Å². The minimum Gasteiger partial charge on any atom is -0.389 e. The second kappa shape index (κ2) is 4.08. The van der Waals surface area contributed by atoms with E-state index in [9.17, 15) is 10.1 Å². The predicted octanol–water partition coefficient (Wildman–Crippen LogP) is 2.08. The van der Waals surface area contributed by atoms with Crippen LogP contribution < -0.4 is 4.90 Å². The Morgan fingerprint density at radius 1 is 1.38 bits per heavy atom. The smallest absolute Gasteiger partial charge is 0.272 e. The molecule has 0 aromatic heterocycles. The summed E-state index contributed by atoms with van der Waals surface area (Å²) in [6, 6.07) is 2.51. The molecule has 0 aliphatic carbocycles. The average molecular weight is 263 g/mol. The van der Waals surface area contributed by atoms with Crippen LogP contribution in [0.4, 0.5) is 11.4 Å². The highest BCUT2D eigenvalue weighted by atomic mass is 35.5. The van der Waals surface area contributed by atoms with Gasteiger partial charge < -0.3 is 10.0 Å². The first-order valence-electron chi connectivity index (χ1n) is 4.55. The molecule has 0 spiro atoms. The van der Waals surface area contributed by atoms with Gasteiger partial charge in [0.05, 0.1) is 26.8 Å². The van der Waals surface area contributed by atoms with E-state index in [1.165, 1.54) is 12.1 Å². The lowest BCUT2D eigenvalue weighted by Crippen LogP contribution is -2.51. The van der Waals surface area contributed by atoms with Crippen LogP contribution in [0.2, 0.25) is 10.0 Å². The summed E-state index contributed by atoms with van der Waals surface area (Å²) < 4.78 is 0. The van der Waals surface area contributed by atoms with E-state index in [1.54, 1.807) is 4.90 Å². The van der Waals surface area contributed by atoms with Gasteiger partial charge in [0.15, 0.2) is 0 Å². The minimum atomic E-state index is -0.549. The van der Waals surface area contributed by atoms with Crippen LogP contribution in [-0.4, -0.2) is 29.2 Å². The Labute approximate surface area is 101 Å². The summed E-state index contributed by atoms with van der Waals surface area (Å²) in [5.41, 5.74) is 0.402. The third-order valence-corrected chi connectivity index (χ3v) is 2.97. The molecule has 1 fully saturated rings. The predicted molar refractivity (Wildman–Crippen MR) is 61.3 cm³/mol. The number of β-amino-alcohol motifs (C(OH)–C–C–N with tert-alkyl or cyclic N) is 1. The maximum Gasteiger partial charge on any atom is 0.272 e. The zero-order valence-corrected chi connectivity index (χ0v) is 9.57. The average Bonchev–Trinajstić information content (AvgIpc) is 2.13. The third-order valence-electron chi connectivity index (χ3n) is 2.39.